The fourth-order valence-corrected chi connectivity index (χ4v) is 3.72. The van der Waals surface area contributed by atoms with Crippen LogP contribution in [-0.2, 0) is 14.8 Å². The highest BCUT2D eigenvalue weighted by Gasteiger charge is 2.39. The average Bonchev–Trinajstić information content (AvgIpc) is 2.46. The van der Waals surface area contributed by atoms with Crippen molar-refractivity contribution < 1.29 is 23.1 Å². The molecule has 0 aromatic heterocycles. The standard InChI is InChI=1S/C13H14N2O5S/c1-2-9(7-14)21(18,19)15-8-12(13(16)17)20-11-6-4-3-5-10(11)15/h3-6,9,12H,2,8H2,1H3,(H,16,17). The second kappa shape index (κ2) is 5.61. The van der Waals surface area contributed by atoms with Crippen molar-refractivity contribution in [1.29, 1.82) is 5.26 Å². The van der Waals surface area contributed by atoms with E-state index in [2.05, 4.69) is 0 Å². The van der Waals surface area contributed by atoms with Gasteiger partial charge < -0.3 is 9.84 Å². The van der Waals surface area contributed by atoms with Crippen LogP contribution in [0.4, 0.5) is 5.69 Å². The number of carboxylic acid groups (broad SMARTS) is 1. The van der Waals surface area contributed by atoms with Crippen molar-refractivity contribution in [2.75, 3.05) is 10.8 Å². The van der Waals surface area contributed by atoms with Crippen LogP contribution in [0.1, 0.15) is 13.3 Å². The first-order chi connectivity index (χ1) is 9.91. The van der Waals surface area contributed by atoms with Gasteiger partial charge in [-0.3, -0.25) is 4.31 Å². The third-order valence-corrected chi connectivity index (χ3v) is 5.31. The molecular formula is C13H14N2O5S. The van der Waals surface area contributed by atoms with E-state index in [1.807, 2.05) is 0 Å². The number of sulfonamides is 1. The maximum absolute atomic E-state index is 12.5. The van der Waals surface area contributed by atoms with Crippen LogP contribution in [0.25, 0.3) is 0 Å². The minimum absolute atomic E-state index is 0.121. The van der Waals surface area contributed by atoms with Crippen LogP contribution in [0.15, 0.2) is 24.3 Å². The summed E-state index contributed by atoms with van der Waals surface area (Å²) in [5, 5.41) is 16.9. The summed E-state index contributed by atoms with van der Waals surface area (Å²) in [4.78, 5) is 11.1. The molecule has 2 rings (SSSR count). The number of rotatable bonds is 4. The van der Waals surface area contributed by atoms with Gasteiger partial charge in [0.15, 0.2) is 5.25 Å². The van der Waals surface area contributed by atoms with Crippen molar-refractivity contribution in [3.8, 4) is 11.8 Å². The van der Waals surface area contributed by atoms with Crippen LogP contribution in [0.5, 0.6) is 5.75 Å². The lowest BCUT2D eigenvalue weighted by Crippen LogP contribution is -2.49. The third kappa shape index (κ3) is 2.64. The molecule has 0 radical (unpaired) electrons. The summed E-state index contributed by atoms with van der Waals surface area (Å²) in [6.07, 6.45) is -1.18. The molecule has 21 heavy (non-hydrogen) atoms. The number of carboxylic acids is 1. The van der Waals surface area contributed by atoms with E-state index >= 15 is 0 Å². The van der Waals surface area contributed by atoms with Crippen LogP contribution in [0, 0.1) is 11.3 Å². The second-order valence-electron chi connectivity index (χ2n) is 4.51. The minimum atomic E-state index is -3.98. The van der Waals surface area contributed by atoms with E-state index in [1.54, 1.807) is 25.1 Å². The van der Waals surface area contributed by atoms with Gasteiger partial charge in [0.1, 0.15) is 5.75 Å². The van der Waals surface area contributed by atoms with Gasteiger partial charge in [0.25, 0.3) is 10.0 Å². The maximum Gasteiger partial charge on any atom is 0.346 e. The molecule has 0 fully saturated rings. The quantitative estimate of drug-likeness (QED) is 0.887. The van der Waals surface area contributed by atoms with Gasteiger partial charge in [0.05, 0.1) is 18.3 Å². The lowest BCUT2D eigenvalue weighted by Gasteiger charge is -2.34. The smallest absolute Gasteiger partial charge is 0.346 e. The Morgan fingerprint density at radius 3 is 2.81 bits per heavy atom. The maximum atomic E-state index is 12.5. The zero-order valence-corrected chi connectivity index (χ0v) is 12.1. The predicted molar refractivity (Wildman–Crippen MR) is 74.5 cm³/mol. The molecule has 0 bridgehead atoms. The third-order valence-electron chi connectivity index (χ3n) is 3.19. The highest BCUT2D eigenvalue weighted by atomic mass is 32.2. The van der Waals surface area contributed by atoms with Crippen LogP contribution in [-0.4, -0.2) is 37.4 Å². The molecule has 2 atom stereocenters. The Balaban J connectivity index is 2.52. The molecule has 2 unspecified atom stereocenters. The summed E-state index contributed by atoms with van der Waals surface area (Å²) < 4.78 is 31.3. The summed E-state index contributed by atoms with van der Waals surface area (Å²) in [6, 6.07) is 8.01. The first-order valence-corrected chi connectivity index (χ1v) is 7.81. The number of carbonyl (C=O) groups is 1. The first kappa shape index (κ1) is 15.1. The average molecular weight is 310 g/mol. The normalized spacial score (nSPS) is 19.0. The molecule has 1 aliphatic rings. The molecule has 1 aromatic carbocycles. The lowest BCUT2D eigenvalue weighted by molar-refractivity contribution is -0.144. The Labute approximate surface area is 122 Å². The van der Waals surface area contributed by atoms with Crippen molar-refractivity contribution in [1.82, 2.24) is 0 Å². The topological polar surface area (TPSA) is 108 Å². The van der Waals surface area contributed by atoms with Gasteiger partial charge in [0.2, 0.25) is 6.10 Å². The van der Waals surface area contributed by atoms with Crippen LogP contribution < -0.4 is 9.04 Å². The van der Waals surface area contributed by atoms with Gasteiger partial charge >= 0.3 is 5.97 Å². The van der Waals surface area contributed by atoms with Crippen molar-refractivity contribution in [3.05, 3.63) is 24.3 Å². The van der Waals surface area contributed by atoms with Crippen LogP contribution in [0.3, 0.4) is 0 Å². The van der Waals surface area contributed by atoms with Gasteiger partial charge in [0, 0.05) is 0 Å². The molecule has 0 saturated heterocycles. The van der Waals surface area contributed by atoms with E-state index in [0.717, 1.165) is 4.31 Å². The number of nitriles is 1. The first-order valence-electron chi connectivity index (χ1n) is 6.31. The summed E-state index contributed by atoms with van der Waals surface area (Å²) in [5.74, 6) is -1.08. The van der Waals surface area contributed by atoms with Crippen LogP contribution in [0.2, 0.25) is 0 Å². The van der Waals surface area contributed by atoms with E-state index in [-0.39, 0.29) is 24.4 Å². The molecule has 8 heteroatoms. The van der Waals surface area contributed by atoms with Gasteiger partial charge in [-0.1, -0.05) is 19.1 Å². The van der Waals surface area contributed by atoms with Crippen molar-refractivity contribution in [3.63, 3.8) is 0 Å². The van der Waals surface area contributed by atoms with Gasteiger partial charge in [-0.25, -0.2) is 13.2 Å². The van der Waals surface area contributed by atoms with Crippen LogP contribution >= 0.6 is 0 Å². The van der Waals surface area contributed by atoms with Crippen molar-refractivity contribution in [2.45, 2.75) is 24.7 Å². The Hall–Kier alpha value is -2.27. The number of para-hydroxylation sites is 2. The Morgan fingerprint density at radius 2 is 2.24 bits per heavy atom. The van der Waals surface area contributed by atoms with E-state index < -0.39 is 27.3 Å². The lowest BCUT2D eigenvalue weighted by atomic mass is 10.2. The number of anilines is 1. The Bertz CT molecular complexity index is 695. The zero-order chi connectivity index (χ0) is 15.6. The summed E-state index contributed by atoms with van der Waals surface area (Å²) in [6.45, 7) is 1.24. The van der Waals surface area contributed by atoms with E-state index in [4.69, 9.17) is 15.1 Å². The second-order valence-corrected chi connectivity index (χ2v) is 6.55. The molecule has 0 saturated carbocycles. The molecule has 0 amide bonds. The fraction of sp³-hybridized carbons (Fsp3) is 0.385. The summed E-state index contributed by atoms with van der Waals surface area (Å²) in [7, 11) is -3.98. The molecule has 1 aromatic rings. The van der Waals surface area contributed by atoms with Crippen molar-refractivity contribution >= 4 is 21.7 Å². The molecule has 1 aliphatic heterocycles. The summed E-state index contributed by atoms with van der Waals surface area (Å²) >= 11 is 0. The highest BCUT2D eigenvalue weighted by Crippen LogP contribution is 2.36. The zero-order valence-electron chi connectivity index (χ0n) is 11.3. The highest BCUT2D eigenvalue weighted by molar-refractivity contribution is 7.93. The number of fused-ring (bicyclic) bond motifs is 1. The number of ether oxygens (including phenoxy) is 1. The molecule has 1 heterocycles. The molecular weight excluding hydrogens is 296 g/mol. The summed E-state index contributed by atoms with van der Waals surface area (Å²) in [5.41, 5.74) is 0.253. The van der Waals surface area contributed by atoms with Gasteiger partial charge in [-0.15, -0.1) is 0 Å². The van der Waals surface area contributed by atoms with E-state index in [9.17, 15) is 13.2 Å². The molecule has 0 spiro atoms. The molecule has 112 valence electrons. The number of hydrogen-bond acceptors (Lipinski definition) is 5. The van der Waals surface area contributed by atoms with E-state index in [1.165, 1.54) is 12.1 Å². The largest absolute Gasteiger partial charge is 0.478 e. The molecule has 0 aliphatic carbocycles. The van der Waals surface area contributed by atoms with Crippen molar-refractivity contribution in [2.24, 2.45) is 0 Å². The molecule has 1 N–H and O–H groups in total. The Kier molecular flexibility index (Phi) is 4.04. The number of hydrogen-bond donors (Lipinski definition) is 1. The fourth-order valence-electron chi connectivity index (χ4n) is 2.09. The van der Waals surface area contributed by atoms with E-state index in [0.29, 0.717) is 0 Å². The monoisotopic (exact) mass is 310 g/mol. The van der Waals surface area contributed by atoms with Gasteiger partial charge in [-0.2, -0.15) is 5.26 Å². The SMILES string of the molecule is CCC(C#N)S(=O)(=O)N1CC(C(=O)O)Oc2ccccc21. The number of nitrogens with zero attached hydrogens (tertiary/aromatic N) is 2. The number of aliphatic carboxylic acids is 1. The predicted octanol–water partition coefficient (Wildman–Crippen LogP) is 0.971. The van der Waals surface area contributed by atoms with Gasteiger partial charge in [-0.05, 0) is 18.6 Å². The number of benzene rings is 1. The minimum Gasteiger partial charge on any atom is -0.478 e. The Morgan fingerprint density at radius 1 is 1.57 bits per heavy atom. The molecule has 7 nitrogen and oxygen atoms in total.